The van der Waals surface area contributed by atoms with Crippen LogP contribution in [0, 0.1) is 5.92 Å². The van der Waals surface area contributed by atoms with Crippen LogP contribution in [0.3, 0.4) is 0 Å². The van der Waals surface area contributed by atoms with Crippen molar-refractivity contribution in [3.63, 3.8) is 0 Å². The van der Waals surface area contributed by atoms with Gasteiger partial charge in [0, 0.05) is 33.3 Å². The molecule has 2 heteroatoms. The van der Waals surface area contributed by atoms with E-state index in [2.05, 4.69) is 34.6 Å². The third-order valence-corrected chi connectivity index (χ3v) is 3.04. The third kappa shape index (κ3) is 3.18. The molecule has 0 radical (unpaired) electrons. The molecule has 1 N–H and O–H groups in total. The number of aliphatic hydroxyl groups excluding tert-OH is 1. The van der Waals surface area contributed by atoms with Crippen molar-refractivity contribution in [3.8, 4) is 0 Å². The Labute approximate surface area is 101 Å². The SMILES string of the molecule is CC1=C(C)C(C)C(C)=C1C.CO.[Zr]. The van der Waals surface area contributed by atoms with Crippen LogP contribution in [0.15, 0.2) is 22.3 Å². The molecule has 74 valence electrons. The van der Waals surface area contributed by atoms with E-state index in [1.54, 1.807) is 11.1 Å². The van der Waals surface area contributed by atoms with E-state index in [-0.39, 0.29) is 26.2 Å². The molecule has 1 aliphatic carbocycles. The predicted molar refractivity (Wildman–Crippen MR) is 54.1 cm³/mol. The Kier molecular flexibility index (Phi) is 8.17. The van der Waals surface area contributed by atoms with Crippen molar-refractivity contribution in [3.05, 3.63) is 22.3 Å². The molecule has 0 aliphatic heterocycles. The van der Waals surface area contributed by atoms with Crippen molar-refractivity contribution in [1.29, 1.82) is 0 Å². The minimum Gasteiger partial charge on any atom is -0.400 e. The number of rotatable bonds is 0. The molecule has 1 aliphatic rings. The van der Waals surface area contributed by atoms with Crippen molar-refractivity contribution in [2.24, 2.45) is 5.92 Å². The standard InChI is InChI=1S/C10H16.CH4O.Zr/c1-6-7(2)9(4)10(5)8(6)3;1-2;/h6H,1-5H3;2H,1H3;. The quantitative estimate of drug-likeness (QED) is 0.709. The fourth-order valence-electron chi connectivity index (χ4n) is 1.57. The second kappa shape index (κ2) is 6.73. The monoisotopic (exact) mass is 258 g/mol. The summed E-state index contributed by atoms with van der Waals surface area (Å²) in [4.78, 5) is 0. The van der Waals surface area contributed by atoms with Gasteiger partial charge < -0.3 is 5.11 Å². The first kappa shape index (κ1) is 15.8. The summed E-state index contributed by atoms with van der Waals surface area (Å²) in [5.41, 5.74) is 6.11. The molecule has 0 spiro atoms. The van der Waals surface area contributed by atoms with Crippen LogP contribution in [-0.4, -0.2) is 12.2 Å². The maximum atomic E-state index is 7.00. The molecule has 0 saturated heterocycles. The Balaban J connectivity index is 0. The van der Waals surface area contributed by atoms with E-state index in [4.69, 9.17) is 5.11 Å². The van der Waals surface area contributed by atoms with E-state index in [1.807, 2.05) is 0 Å². The number of aliphatic hydroxyl groups is 1. The molecule has 0 bridgehead atoms. The average molecular weight is 260 g/mol. The van der Waals surface area contributed by atoms with Crippen LogP contribution in [0.2, 0.25) is 0 Å². The molecule has 0 aromatic carbocycles. The third-order valence-electron chi connectivity index (χ3n) is 3.04. The van der Waals surface area contributed by atoms with Crippen LogP contribution in [0.4, 0.5) is 0 Å². The van der Waals surface area contributed by atoms with Crippen molar-refractivity contribution >= 4 is 0 Å². The summed E-state index contributed by atoms with van der Waals surface area (Å²) in [6.45, 7) is 11.2. The number of hydrogen-bond acceptors (Lipinski definition) is 1. The van der Waals surface area contributed by atoms with Crippen LogP contribution in [0.25, 0.3) is 0 Å². The van der Waals surface area contributed by atoms with Crippen molar-refractivity contribution < 1.29 is 31.3 Å². The van der Waals surface area contributed by atoms with Gasteiger partial charge in [0.2, 0.25) is 0 Å². The van der Waals surface area contributed by atoms with Crippen LogP contribution < -0.4 is 0 Å². The first-order chi connectivity index (χ1) is 5.55. The molecule has 0 atom stereocenters. The molecule has 0 amide bonds. The zero-order chi connectivity index (χ0) is 9.89. The molecular formula is C11H20OZr. The van der Waals surface area contributed by atoms with Gasteiger partial charge in [-0.25, -0.2) is 0 Å². The maximum absolute atomic E-state index is 7.00. The first-order valence-corrected chi connectivity index (χ1v) is 4.35. The molecule has 13 heavy (non-hydrogen) atoms. The minimum atomic E-state index is 0. The van der Waals surface area contributed by atoms with Crippen LogP contribution in [0.1, 0.15) is 34.6 Å². The van der Waals surface area contributed by atoms with Gasteiger partial charge in [0.05, 0.1) is 0 Å². The molecule has 0 aromatic rings. The van der Waals surface area contributed by atoms with E-state index in [0.717, 1.165) is 7.11 Å². The topological polar surface area (TPSA) is 20.2 Å². The zero-order valence-electron chi connectivity index (χ0n) is 9.52. The molecule has 0 aromatic heterocycles. The van der Waals surface area contributed by atoms with E-state index in [0.29, 0.717) is 5.92 Å². The van der Waals surface area contributed by atoms with Crippen LogP contribution in [-0.2, 0) is 26.2 Å². The van der Waals surface area contributed by atoms with Gasteiger partial charge in [-0.05, 0) is 44.8 Å². The Bertz CT molecular complexity index is 202. The van der Waals surface area contributed by atoms with Crippen molar-refractivity contribution in [2.45, 2.75) is 34.6 Å². The van der Waals surface area contributed by atoms with Gasteiger partial charge in [0.15, 0.2) is 0 Å². The van der Waals surface area contributed by atoms with Gasteiger partial charge in [0.1, 0.15) is 0 Å². The van der Waals surface area contributed by atoms with Crippen LogP contribution in [0.5, 0.6) is 0 Å². The molecule has 0 saturated carbocycles. The number of allylic oxidation sites excluding steroid dienone is 4. The Morgan fingerprint density at radius 3 is 1.15 bits per heavy atom. The van der Waals surface area contributed by atoms with Crippen LogP contribution >= 0.6 is 0 Å². The predicted octanol–water partition coefficient (Wildman–Crippen LogP) is 2.91. The van der Waals surface area contributed by atoms with E-state index in [1.165, 1.54) is 11.1 Å². The zero-order valence-corrected chi connectivity index (χ0v) is 12.0. The van der Waals surface area contributed by atoms with Crippen molar-refractivity contribution in [1.82, 2.24) is 0 Å². The summed E-state index contributed by atoms with van der Waals surface area (Å²) in [7, 11) is 1.00. The van der Waals surface area contributed by atoms with Gasteiger partial charge in [-0.2, -0.15) is 0 Å². The average Bonchev–Trinajstić information content (AvgIpc) is 2.27. The van der Waals surface area contributed by atoms with E-state index >= 15 is 0 Å². The summed E-state index contributed by atoms with van der Waals surface area (Å²) >= 11 is 0. The summed E-state index contributed by atoms with van der Waals surface area (Å²) in [5, 5.41) is 7.00. The second-order valence-electron chi connectivity index (χ2n) is 3.34. The Morgan fingerprint density at radius 2 is 1.08 bits per heavy atom. The Morgan fingerprint density at radius 1 is 0.846 bits per heavy atom. The summed E-state index contributed by atoms with van der Waals surface area (Å²) in [6, 6.07) is 0. The summed E-state index contributed by atoms with van der Waals surface area (Å²) in [5.74, 6) is 0.694. The van der Waals surface area contributed by atoms with Gasteiger partial charge in [-0.1, -0.05) is 18.1 Å². The first-order valence-electron chi connectivity index (χ1n) is 4.35. The molecule has 1 nitrogen and oxygen atoms in total. The molecule has 1 rings (SSSR count). The fourth-order valence-corrected chi connectivity index (χ4v) is 1.57. The number of hydrogen-bond donors (Lipinski definition) is 1. The smallest absolute Gasteiger partial charge is 0.0319 e. The Hall–Kier alpha value is 0.323. The molecule has 0 fully saturated rings. The molecular weight excluding hydrogens is 239 g/mol. The van der Waals surface area contributed by atoms with E-state index < -0.39 is 0 Å². The second-order valence-corrected chi connectivity index (χ2v) is 3.34. The largest absolute Gasteiger partial charge is 0.400 e. The van der Waals surface area contributed by atoms with Crippen molar-refractivity contribution in [2.75, 3.05) is 7.11 Å². The fraction of sp³-hybridized carbons (Fsp3) is 0.636. The normalized spacial score (nSPS) is 16.8. The summed E-state index contributed by atoms with van der Waals surface area (Å²) in [6.07, 6.45) is 0. The minimum absolute atomic E-state index is 0. The van der Waals surface area contributed by atoms with Gasteiger partial charge in [0.25, 0.3) is 0 Å². The van der Waals surface area contributed by atoms with Gasteiger partial charge >= 0.3 is 0 Å². The van der Waals surface area contributed by atoms with E-state index in [9.17, 15) is 0 Å². The summed E-state index contributed by atoms with van der Waals surface area (Å²) < 4.78 is 0. The van der Waals surface area contributed by atoms with Gasteiger partial charge in [-0.15, -0.1) is 0 Å². The molecule has 0 heterocycles. The maximum Gasteiger partial charge on any atom is 0.0319 e. The van der Waals surface area contributed by atoms with Gasteiger partial charge in [-0.3, -0.25) is 0 Å². The molecule has 0 unspecified atom stereocenters.